The Morgan fingerprint density at radius 2 is 2.06 bits per heavy atom. The van der Waals surface area contributed by atoms with Gasteiger partial charge in [0.25, 0.3) is 0 Å². The maximum absolute atomic E-state index is 8.85. The molecule has 0 amide bonds. The number of benzene rings is 1. The van der Waals surface area contributed by atoms with Crippen LogP contribution in [-0.2, 0) is 0 Å². The minimum Gasteiger partial charge on any atom is -0.282 e. The highest BCUT2D eigenvalue weighted by atomic mass is 15.2. The molecule has 0 radical (unpaired) electrons. The van der Waals surface area contributed by atoms with Crippen molar-refractivity contribution in [1.29, 1.82) is 5.26 Å². The molecule has 3 rings (SSSR count). The summed E-state index contributed by atoms with van der Waals surface area (Å²) in [5.74, 6) is 0.790. The van der Waals surface area contributed by atoms with Gasteiger partial charge in [0.15, 0.2) is 11.5 Å². The van der Waals surface area contributed by atoms with Gasteiger partial charge in [-0.25, -0.2) is 0 Å². The van der Waals surface area contributed by atoms with Gasteiger partial charge in [-0.3, -0.25) is 4.40 Å². The molecule has 0 atom stereocenters. The predicted octanol–water partition coefficient (Wildman–Crippen LogP) is 2.58. The third kappa shape index (κ3) is 1.62. The van der Waals surface area contributed by atoms with Crippen molar-refractivity contribution in [3.05, 3.63) is 53.7 Å². The second-order valence-corrected chi connectivity index (χ2v) is 4.15. The number of hydrogen-bond acceptors (Lipinski definition) is 3. The van der Waals surface area contributed by atoms with E-state index >= 15 is 0 Å². The van der Waals surface area contributed by atoms with E-state index in [0.717, 1.165) is 11.4 Å². The van der Waals surface area contributed by atoms with E-state index in [9.17, 15) is 0 Å². The summed E-state index contributed by atoms with van der Waals surface area (Å²) in [5, 5.41) is 17.1. The smallest absolute Gasteiger partial charge is 0.168 e. The first kappa shape index (κ1) is 10.5. The molecule has 2 heterocycles. The molecule has 0 saturated carbocycles. The first-order valence-corrected chi connectivity index (χ1v) is 5.60. The molecule has 0 aliphatic rings. The predicted molar refractivity (Wildman–Crippen MR) is 67.9 cm³/mol. The van der Waals surface area contributed by atoms with Gasteiger partial charge in [0, 0.05) is 17.8 Å². The summed E-state index contributed by atoms with van der Waals surface area (Å²) in [6.45, 7) is 2.04. The number of nitriles is 1. The fourth-order valence-corrected chi connectivity index (χ4v) is 1.94. The number of rotatable bonds is 1. The van der Waals surface area contributed by atoms with Crippen LogP contribution in [0.5, 0.6) is 0 Å². The van der Waals surface area contributed by atoms with Crippen LogP contribution in [0.1, 0.15) is 11.1 Å². The van der Waals surface area contributed by atoms with Crippen molar-refractivity contribution in [1.82, 2.24) is 14.6 Å². The summed E-state index contributed by atoms with van der Waals surface area (Å²) >= 11 is 0. The van der Waals surface area contributed by atoms with Gasteiger partial charge in [-0.05, 0) is 19.1 Å². The highest BCUT2D eigenvalue weighted by Crippen LogP contribution is 2.19. The maximum Gasteiger partial charge on any atom is 0.168 e. The summed E-state index contributed by atoms with van der Waals surface area (Å²) in [6.07, 6.45) is 1.82. The summed E-state index contributed by atoms with van der Waals surface area (Å²) in [7, 11) is 0. The Morgan fingerprint density at radius 1 is 1.17 bits per heavy atom. The normalized spacial score (nSPS) is 10.4. The summed E-state index contributed by atoms with van der Waals surface area (Å²) in [6, 6.07) is 13.7. The molecule has 0 N–H and O–H groups in total. The van der Waals surface area contributed by atoms with Crippen LogP contribution in [0.2, 0.25) is 0 Å². The molecule has 18 heavy (non-hydrogen) atoms. The maximum atomic E-state index is 8.85. The summed E-state index contributed by atoms with van der Waals surface area (Å²) in [4.78, 5) is 0. The number of aryl methyl sites for hydroxylation is 1. The Labute approximate surface area is 104 Å². The van der Waals surface area contributed by atoms with Crippen molar-refractivity contribution < 1.29 is 0 Å². The van der Waals surface area contributed by atoms with Gasteiger partial charge in [0.05, 0.1) is 11.6 Å². The lowest BCUT2D eigenvalue weighted by Crippen LogP contribution is -1.90. The molecule has 0 aliphatic heterocycles. The Balaban J connectivity index is 2.22. The lowest BCUT2D eigenvalue weighted by atomic mass is 10.1. The second kappa shape index (κ2) is 3.97. The van der Waals surface area contributed by atoms with E-state index in [1.54, 1.807) is 12.1 Å². The van der Waals surface area contributed by atoms with E-state index in [2.05, 4.69) is 22.3 Å². The lowest BCUT2D eigenvalue weighted by molar-refractivity contribution is 1.11. The standard InChI is InChI=1S/C14H10N4/c1-10-3-2-4-12(7-10)14-17-16-13-8-11(9-15)5-6-18(13)14/h2-8H,1H3. The molecule has 0 unspecified atom stereocenters. The minimum absolute atomic E-state index is 0.589. The molecule has 0 aliphatic carbocycles. The zero-order valence-electron chi connectivity index (χ0n) is 9.83. The Bertz CT molecular complexity index is 765. The SMILES string of the molecule is Cc1cccc(-c2nnc3cc(C#N)ccn23)c1. The quantitative estimate of drug-likeness (QED) is 0.650. The highest BCUT2D eigenvalue weighted by Gasteiger charge is 2.08. The lowest BCUT2D eigenvalue weighted by Gasteiger charge is -2.01. The monoisotopic (exact) mass is 234 g/mol. The number of aromatic nitrogens is 3. The van der Waals surface area contributed by atoms with Gasteiger partial charge in [-0.1, -0.05) is 23.8 Å². The van der Waals surface area contributed by atoms with Crippen LogP contribution in [0, 0.1) is 18.3 Å². The van der Waals surface area contributed by atoms with Crippen LogP contribution in [0.4, 0.5) is 0 Å². The van der Waals surface area contributed by atoms with Crippen LogP contribution in [0.15, 0.2) is 42.6 Å². The zero-order valence-corrected chi connectivity index (χ0v) is 9.83. The van der Waals surface area contributed by atoms with E-state index in [1.807, 2.05) is 35.7 Å². The molecule has 86 valence electrons. The van der Waals surface area contributed by atoms with E-state index in [1.165, 1.54) is 5.56 Å². The average Bonchev–Trinajstić information content (AvgIpc) is 2.81. The third-order valence-corrected chi connectivity index (χ3v) is 2.82. The zero-order chi connectivity index (χ0) is 12.5. The molecule has 0 bridgehead atoms. The van der Waals surface area contributed by atoms with Gasteiger partial charge in [-0.2, -0.15) is 5.26 Å². The molecule has 2 aromatic heterocycles. The number of hydrogen-bond donors (Lipinski definition) is 0. The second-order valence-electron chi connectivity index (χ2n) is 4.15. The van der Waals surface area contributed by atoms with Crippen molar-refractivity contribution in [2.24, 2.45) is 0 Å². The average molecular weight is 234 g/mol. The highest BCUT2D eigenvalue weighted by molar-refractivity contribution is 5.61. The third-order valence-electron chi connectivity index (χ3n) is 2.82. The van der Waals surface area contributed by atoms with Gasteiger partial charge >= 0.3 is 0 Å². The molecule has 1 aromatic carbocycles. The van der Waals surface area contributed by atoms with E-state index in [-0.39, 0.29) is 0 Å². The van der Waals surface area contributed by atoms with E-state index in [0.29, 0.717) is 11.2 Å². The molecule has 4 nitrogen and oxygen atoms in total. The molecule has 0 saturated heterocycles. The number of fused-ring (bicyclic) bond motifs is 1. The van der Waals surface area contributed by atoms with Crippen LogP contribution < -0.4 is 0 Å². The molecular weight excluding hydrogens is 224 g/mol. The van der Waals surface area contributed by atoms with Gasteiger partial charge < -0.3 is 0 Å². The fraction of sp³-hybridized carbons (Fsp3) is 0.0714. The minimum atomic E-state index is 0.589. The topological polar surface area (TPSA) is 54.0 Å². The largest absolute Gasteiger partial charge is 0.282 e. The molecule has 0 spiro atoms. The summed E-state index contributed by atoms with van der Waals surface area (Å²) < 4.78 is 1.88. The van der Waals surface area contributed by atoms with Crippen molar-refractivity contribution >= 4 is 5.65 Å². The molecular formula is C14H10N4. The Kier molecular flexibility index (Phi) is 2.31. The first-order valence-electron chi connectivity index (χ1n) is 5.60. The Morgan fingerprint density at radius 3 is 2.83 bits per heavy atom. The van der Waals surface area contributed by atoms with Crippen LogP contribution >= 0.6 is 0 Å². The van der Waals surface area contributed by atoms with Crippen LogP contribution in [0.3, 0.4) is 0 Å². The van der Waals surface area contributed by atoms with Crippen molar-refractivity contribution in [2.75, 3.05) is 0 Å². The van der Waals surface area contributed by atoms with E-state index < -0.39 is 0 Å². The number of nitrogens with zero attached hydrogens (tertiary/aromatic N) is 4. The fourth-order valence-electron chi connectivity index (χ4n) is 1.94. The molecule has 3 aromatic rings. The summed E-state index contributed by atoms with van der Waals surface area (Å²) in [5.41, 5.74) is 3.47. The van der Waals surface area contributed by atoms with Gasteiger partial charge in [0.2, 0.25) is 0 Å². The van der Waals surface area contributed by atoms with Crippen molar-refractivity contribution in [2.45, 2.75) is 6.92 Å². The van der Waals surface area contributed by atoms with Crippen molar-refractivity contribution in [3.63, 3.8) is 0 Å². The van der Waals surface area contributed by atoms with Crippen LogP contribution in [0.25, 0.3) is 17.0 Å². The van der Waals surface area contributed by atoms with Gasteiger partial charge in [0.1, 0.15) is 0 Å². The van der Waals surface area contributed by atoms with Crippen LogP contribution in [-0.4, -0.2) is 14.6 Å². The van der Waals surface area contributed by atoms with E-state index in [4.69, 9.17) is 5.26 Å². The Hall–Kier alpha value is -2.67. The molecule has 0 fully saturated rings. The van der Waals surface area contributed by atoms with Gasteiger partial charge in [-0.15, -0.1) is 10.2 Å². The number of pyridine rings is 1. The first-order chi connectivity index (χ1) is 8.78. The molecule has 4 heteroatoms. The van der Waals surface area contributed by atoms with Crippen molar-refractivity contribution in [3.8, 4) is 17.5 Å².